The highest BCUT2D eigenvalue weighted by Crippen LogP contribution is 2.46. The van der Waals surface area contributed by atoms with E-state index in [4.69, 9.17) is 17.3 Å². The first-order valence-electron chi connectivity index (χ1n) is 8.11. The average Bonchev–Trinajstić information content (AvgIpc) is 2.49. The zero-order valence-electron chi connectivity index (χ0n) is 14.8. The lowest BCUT2D eigenvalue weighted by Gasteiger charge is -2.51. The van der Waals surface area contributed by atoms with Crippen LogP contribution in [0.2, 0.25) is 5.02 Å². The van der Waals surface area contributed by atoms with Gasteiger partial charge in [-0.1, -0.05) is 51.4 Å². The Bertz CT molecular complexity index is 575. The first-order chi connectivity index (χ1) is 10.6. The van der Waals surface area contributed by atoms with Crippen molar-refractivity contribution in [1.82, 2.24) is 4.90 Å². The van der Waals surface area contributed by atoms with E-state index in [1.54, 1.807) is 17.0 Å². The monoisotopic (exact) mass is 374 g/mol. The molecule has 1 fully saturated rings. The van der Waals surface area contributed by atoms with Gasteiger partial charge in [0.25, 0.3) is 0 Å². The summed E-state index contributed by atoms with van der Waals surface area (Å²) in [7, 11) is 0. The number of likely N-dealkylation sites (tertiary alicyclic amines) is 1. The molecule has 24 heavy (non-hydrogen) atoms. The zero-order chi connectivity index (χ0) is 17.4. The number of carbonyl (C=O) groups excluding carboxylic acids is 1. The second-order valence-electron chi connectivity index (χ2n) is 7.53. The van der Waals surface area contributed by atoms with E-state index in [0.29, 0.717) is 24.5 Å². The molecule has 1 heterocycles. The number of piperidine rings is 1. The van der Waals surface area contributed by atoms with Gasteiger partial charge in [-0.2, -0.15) is 0 Å². The van der Waals surface area contributed by atoms with Crippen molar-refractivity contribution in [2.24, 2.45) is 17.1 Å². The number of nitrogens with two attached hydrogens (primary N) is 1. The van der Waals surface area contributed by atoms with E-state index in [-0.39, 0.29) is 24.2 Å². The summed E-state index contributed by atoms with van der Waals surface area (Å²) in [6, 6.07) is 6.81. The SMILES string of the molecule is CC(C)[C@@H](N)C(=O)N1CC[C@](O)(c2ccc(Cl)cc2)C(C)(C)C1.Cl. The van der Waals surface area contributed by atoms with Gasteiger partial charge in [-0.3, -0.25) is 4.79 Å². The maximum absolute atomic E-state index is 12.5. The van der Waals surface area contributed by atoms with Crippen LogP contribution >= 0.6 is 24.0 Å². The fourth-order valence-corrected chi connectivity index (χ4v) is 3.39. The molecule has 0 aliphatic carbocycles. The van der Waals surface area contributed by atoms with Crippen LogP contribution in [-0.4, -0.2) is 35.0 Å². The number of hydrogen-bond donors (Lipinski definition) is 2. The maximum Gasteiger partial charge on any atom is 0.239 e. The Morgan fingerprint density at radius 2 is 1.83 bits per heavy atom. The Hall–Kier alpha value is -0.810. The summed E-state index contributed by atoms with van der Waals surface area (Å²) in [6.45, 7) is 8.85. The normalized spacial score (nSPS) is 24.4. The summed E-state index contributed by atoms with van der Waals surface area (Å²) < 4.78 is 0. The molecule has 0 unspecified atom stereocenters. The van der Waals surface area contributed by atoms with Crippen molar-refractivity contribution in [1.29, 1.82) is 0 Å². The second-order valence-corrected chi connectivity index (χ2v) is 7.97. The number of aliphatic hydroxyl groups is 1. The van der Waals surface area contributed by atoms with Gasteiger partial charge in [-0.25, -0.2) is 0 Å². The predicted octanol–water partition coefficient (Wildman–Crippen LogP) is 3.19. The van der Waals surface area contributed by atoms with Gasteiger partial charge in [-0.15, -0.1) is 12.4 Å². The molecule has 1 aliphatic heterocycles. The van der Waals surface area contributed by atoms with Crippen LogP contribution in [0.4, 0.5) is 0 Å². The van der Waals surface area contributed by atoms with E-state index < -0.39 is 17.1 Å². The predicted molar refractivity (Wildman–Crippen MR) is 100 cm³/mol. The molecular weight excluding hydrogens is 347 g/mol. The summed E-state index contributed by atoms with van der Waals surface area (Å²) in [5.41, 5.74) is 5.38. The van der Waals surface area contributed by atoms with Crippen LogP contribution < -0.4 is 5.73 Å². The number of carbonyl (C=O) groups is 1. The second kappa shape index (κ2) is 7.61. The van der Waals surface area contributed by atoms with Gasteiger partial charge in [0.1, 0.15) is 0 Å². The number of rotatable bonds is 3. The third-order valence-electron chi connectivity index (χ3n) is 5.09. The number of hydrogen-bond acceptors (Lipinski definition) is 3. The molecule has 0 radical (unpaired) electrons. The quantitative estimate of drug-likeness (QED) is 0.853. The fraction of sp³-hybridized carbons (Fsp3) is 0.611. The molecule has 0 spiro atoms. The van der Waals surface area contributed by atoms with Crippen molar-refractivity contribution < 1.29 is 9.90 Å². The molecule has 0 bridgehead atoms. The van der Waals surface area contributed by atoms with Gasteiger partial charge < -0.3 is 15.7 Å². The van der Waals surface area contributed by atoms with E-state index >= 15 is 0 Å². The van der Waals surface area contributed by atoms with Crippen LogP contribution in [-0.2, 0) is 10.4 Å². The van der Waals surface area contributed by atoms with Crippen molar-refractivity contribution >= 4 is 29.9 Å². The molecule has 1 aliphatic rings. The van der Waals surface area contributed by atoms with E-state index in [2.05, 4.69) is 0 Å². The van der Waals surface area contributed by atoms with Crippen LogP contribution in [0.1, 0.15) is 39.7 Å². The highest BCUT2D eigenvalue weighted by Gasteiger charge is 2.50. The Morgan fingerprint density at radius 3 is 2.29 bits per heavy atom. The average molecular weight is 375 g/mol. The largest absolute Gasteiger partial charge is 0.384 e. The molecule has 1 saturated heterocycles. The Balaban J connectivity index is 0.00000288. The van der Waals surface area contributed by atoms with Gasteiger partial charge >= 0.3 is 0 Å². The molecular formula is C18H28Cl2N2O2. The molecule has 2 rings (SSSR count). The molecule has 4 nitrogen and oxygen atoms in total. The molecule has 3 N–H and O–H groups in total. The topological polar surface area (TPSA) is 66.6 Å². The summed E-state index contributed by atoms with van der Waals surface area (Å²) in [5.74, 6) is 0.0638. The van der Waals surface area contributed by atoms with Gasteiger partial charge in [-0.05, 0) is 30.0 Å². The highest BCUT2D eigenvalue weighted by molar-refractivity contribution is 6.30. The van der Waals surface area contributed by atoms with E-state index in [0.717, 1.165) is 5.56 Å². The summed E-state index contributed by atoms with van der Waals surface area (Å²) in [5, 5.41) is 11.9. The van der Waals surface area contributed by atoms with Crippen molar-refractivity contribution in [3.63, 3.8) is 0 Å². The first kappa shape index (κ1) is 21.2. The number of halogens is 2. The van der Waals surface area contributed by atoms with Gasteiger partial charge in [0, 0.05) is 23.5 Å². The van der Waals surface area contributed by atoms with Crippen LogP contribution in [0.25, 0.3) is 0 Å². The van der Waals surface area contributed by atoms with Crippen molar-refractivity contribution in [3.05, 3.63) is 34.9 Å². The molecule has 1 aromatic rings. The van der Waals surface area contributed by atoms with Gasteiger partial charge in [0.2, 0.25) is 5.91 Å². The first-order valence-corrected chi connectivity index (χ1v) is 8.49. The van der Waals surface area contributed by atoms with Crippen molar-refractivity contribution in [2.45, 2.75) is 45.8 Å². The fourth-order valence-electron chi connectivity index (χ4n) is 3.27. The van der Waals surface area contributed by atoms with Crippen LogP contribution in [0, 0.1) is 11.3 Å². The summed E-state index contributed by atoms with van der Waals surface area (Å²) >= 11 is 5.95. The minimum Gasteiger partial charge on any atom is -0.384 e. The minimum atomic E-state index is -0.990. The van der Waals surface area contributed by atoms with Crippen LogP contribution in [0.5, 0.6) is 0 Å². The van der Waals surface area contributed by atoms with Crippen molar-refractivity contribution in [2.75, 3.05) is 13.1 Å². The Labute approximate surface area is 155 Å². The molecule has 6 heteroatoms. The molecule has 0 aromatic heterocycles. The molecule has 1 aromatic carbocycles. The number of nitrogens with zero attached hydrogens (tertiary/aromatic N) is 1. The molecule has 2 atom stereocenters. The molecule has 1 amide bonds. The molecule has 136 valence electrons. The van der Waals surface area contributed by atoms with E-state index in [1.165, 1.54) is 0 Å². The minimum absolute atomic E-state index is 0. The van der Waals surface area contributed by atoms with Crippen LogP contribution in [0.15, 0.2) is 24.3 Å². The number of benzene rings is 1. The van der Waals surface area contributed by atoms with Gasteiger partial charge in [0.05, 0.1) is 11.6 Å². The van der Waals surface area contributed by atoms with E-state index in [9.17, 15) is 9.90 Å². The third kappa shape index (κ3) is 3.88. The summed E-state index contributed by atoms with van der Waals surface area (Å²) in [6.07, 6.45) is 0.484. The maximum atomic E-state index is 12.5. The lowest BCUT2D eigenvalue weighted by atomic mass is 9.66. The van der Waals surface area contributed by atoms with E-state index in [1.807, 2.05) is 39.8 Å². The smallest absolute Gasteiger partial charge is 0.239 e. The highest BCUT2D eigenvalue weighted by atomic mass is 35.5. The Morgan fingerprint density at radius 1 is 1.29 bits per heavy atom. The summed E-state index contributed by atoms with van der Waals surface area (Å²) in [4.78, 5) is 14.3. The zero-order valence-corrected chi connectivity index (χ0v) is 16.3. The Kier molecular flexibility index (Phi) is 6.73. The van der Waals surface area contributed by atoms with Crippen LogP contribution in [0.3, 0.4) is 0 Å². The lowest BCUT2D eigenvalue weighted by molar-refractivity contribution is -0.155. The number of amides is 1. The van der Waals surface area contributed by atoms with Gasteiger partial charge in [0.15, 0.2) is 0 Å². The lowest BCUT2D eigenvalue weighted by Crippen LogP contribution is -2.59. The third-order valence-corrected chi connectivity index (χ3v) is 5.34. The molecule has 0 saturated carbocycles. The standard InChI is InChI=1S/C18H27ClN2O2.ClH/c1-12(2)15(20)16(22)21-10-9-18(23,17(3,4)11-21)13-5-7-14(19)8-6-13;/h5-8,12,15,23H,9-11,20H2,1-4H3;1H/t15-,18+;/m1./s1. The van der Waals surface area contributed by atoms with Crippen molar-refractivity contribution in [3.8, 4) is 0 Å².